The van der Waals surface area contributed by atoms with Crippen LogP contribution in [-0.2, 0) is 6.18 Å². The Hall–Kier alpha value is -9.91. The second kappa shape index (κ2) is 15.5. The number of nitriles is 6. The van der Waals surface area contributed by atoms with Crippen LogP contribution in [0.4, 0.5) is 13.2 Å². The smallest absolute Gasteiger partial charge is 0.309 e. The van der Waals surface area contributed by atoms with E-state index in [-0.39, 0.29) is 16.7 Å². The molecule has 8 nitrogen and oxygen atoms in total. The zero-order valence-electron chi connectivity index (χ0n) is 34.1. The summed E-state index contributed by atoms with van der Waals surface area (Å²) in [5.41, 5.74) is 7.27. The van der Waals surface area contributed by atoms with Gasteiger partial charge in [-0.15, -0.1) is 0 Å². The Bertz CT molecular complexity index is 4020. The maximum absolute atomic E-state index is 14.2. The minimum Gasteiger partial charge on any atom is -0.309 e. The highest BCUT2D eigenvalue weighted by Crippen LogP contribution is 2.44. The van der Waals surface area contributed by atoms with Crippen LogP contribution in [0.5, 0.6) is 0 Å². The lowest BCUT2D eigenvalue weighted by atomic mass is 9.94. The molecule has 0 bridgehead atoms. The molecule has 10 aromatic rings. The fourth-order valence-corrected chi connectivity index (χ4v) is 9.02. The third-order valence-corrected chi connectivity index (χ3v) is 12.0. The molecule has 0 amide bonds. The van der Waals surface area contributed by atoms with Crippen LogP contribution in [0.1, 0.15) is 38.9 Å². The van der Waals surface area contributed by atoms with Gasteiger partial charge in [0.15, 0.2) is 0 Å². The topological polar surface area (TPSA) is 153 Å². The number of fused-ring (bicyclic) bond motifs is 6. The van der Waals surface area contributed by atoms with E-state index in [0.717, 1.165) is 44.8 Å². The highest BCUT2D eigenvalue weighted by Gasteiger charge is 2.32. The first-order valence-electron chi connectivity index (χ1n) is 20.2. The number of alkyl halides is 3. The summed E-state index contributed by atoms with van der Waals surface area (Å²) in [6, 6.07) is 55.8. The van der Waals surface area contributed by atoms with Crippen molar-refractivity contribution < 1.29 is 13.2 Å². The van der Waals surface area contributed by atoms with Gasteiger partial charge in [0.25, 0.3) is 0 Å². The molecule has 0 spiro atoms. The summed E-state index contributed by atoms with van der Waals surface area (Å²) < 4.78 is 46.4. The van der Waals surface area contributed by atoms with Gasteiger partial charge in [-0.1, -0.05) is 66.7 Å². The Balaban J connectivity index is 1.28. The third-order valence-electron chi connectivity index (χ3n) is 12.0. The normalized spacial score (nSPS) is 11.2. The Morgan fingerprint density at radius 2 is 0.803 bits per heavy atom. The molecular weight excluding hydrogens is 830 g/mol. The predicted molar refractivity (Wildman–Crippen MR) is 245 cm³/mol. The molecule has 66 heavy (non-hydrogen) atoms. The Labute approximate surface area is 374 Å². The SMILES string of the molecule is N#Cc1ccc(-c2ccc3c(c2)c2ccccc2n3-c2cc(-c3ccc(C(F)(F)F)cc3C#N)c(-n3c4ccccc4c4cc(-c5ccc(C#N)cc5C#N)ccc43)cc2C#N)c(C#N)c1. The predicted octanol–water partition coefficient (Wildman–Crippen LogP) is 13.1. The van der Waals surface area contributed by atoms with Crippen molar-refractivity contribution in [3.63, 3.8) is 0 Å². The number of para-hydroxylation sites is 2. The van der Waals surface area contributed by atoms with Gasteiger partial charge < -0.3 is 9.13 Å². The number of hydrogen-bond acceptors (Lipinski definition) is 6. The molecule has 0 aliphatic carbocycles. The lowest BCUT2D eigenvalue weighted by Gasteiger charge is -2.20. The highest BCUT2D eigenvalue weighted by molar-refractivity contribution is 6.13. The van der Waals surface area contributed by atoms with Crippen molar-refractivity contribution in [2.75, 3.05) is 0 Å². The first-order chi connectivity index (χ1) is 32.1. The zero-order valence-corrected chi connectivity index (χ0v) is 34.1. The van der Waals surface area contributed by atoms with E-state index < -0.39 is 11.7 Å². The van der Waals surface area contributed by atoms with Crippen LogP contribution in [0, 0.1) is 68.0 Å². The first kappa shape index (κ1) is 40.2. The van der Waals surface area contributed by atoms with Gasteiger partial charge in [-0.05, 0) is 107 Å². The van der Waals surface area contributed by atoms with Crippen molar-refractivity contribution >= 4 is 43.6 Å². The molecule has 0 unspecified atom stereocenters. The molecule has 0 aliphatic heterocycles. The lowest BCUT2D eigenvalue weighted by molar-refractivity contribution is -0.137. The minimum atomic E-state index is -4.72. The summed E-state index contributed by atoms with van der Waals surface area (Å²) in [6.07, 6.45) is -4.72. The van der Waals surface area contributed by atoms with Gasteiger partial charge in [-0.25, -0.2) is 0 Å². The monoisotopic (exact) mass is 854 g/mol. The van der Waals surface area contributed by atoms with Gasteiger partial charge in [0.05, 0.1) is 103 Å². The molecule has 0 radical (unpaired) electrons. The molecule has 8 aromatic carbocycles. The van der Waals surface area contributed by atoms with Crippen LogP contribution in [0.25, 0.3) is 88.4 Å². The number of hydrogen-bond donors (Lipinski definition) is 0. The number of benzene rings is 8. The molecule has 11 heteroatoms. The second-order valence-corrected chi connectivity index (χ2v) is 15.5. The molecular formula is C55H25F3N8. The summed E-state index contributed by atoms with van der Waals surface area (Å²) in [6.45, 7) is 0. The molecule has 0 atom stereocenters. The molecule has 2 heterocycles. The highest BCUT2D eigenvalue weighted by atomic mass is 19.4. The standard InChI is InChI=1S/C55H25F3N8/c56-55(57,58)40-13-16-43(38(21-40)30-63)48-25-53(65-49-7-3-1-5-44(49)46-22-34(11-17-51(46)65)41-14-9-32(26-59)19-36(41)28-61)39(31-64)24-54(48)66-50-8-4-2-6-45(50)47-23-35(12-18-52(47)66)42-15-10-33(27-60)20-37(42)29-62/h1-25H. The summed E-state index contributed by atoms with van der Waals surface area (Å²) in [4.78, 5) is 0. The van der Waals surface area contributed by atoms with E-state index in [1.54, 1.807) is 36.4 Å². The lowest BCUT2D eigenvalue weighted by Crippen LogP contribution is -2.07. The van der Waals surface area contributed by atoms with Crippen LogP contribution in [0.15, 0.2) is 152 Å². The maximum atomic E-state index is 14.2. The van der Waals surface area contributed by atoms with E-state index in [0.29, 0.717) is 72.4 Å². The van der Waals surface area contributed by atoms with Crippen molar-refractivity contribution in [3.8, 4) is 81.2 Å². The zero-order chi connectivity index (χ0) is 45.9. The fourth-order valence-electron chi connectivity index (χ4n) is 9.02. The van der Waals surface area contributed by atoms with E-state index in [4.69, 9.17) is 0 Å². The molecule has 10 rings (SSSR count). The van der Waals surface area contributed by atoms with E-state index in [9.17, 15) is 44.7 Å². The second-order valence-electron chi connectivity index (χ2n) is 15.5. The number of rotatable bonds is 5. The molecule has 0 saturated heterocycles. The molecule has 0 fully saturated rings. The summed E-state index contributed by atoms with van der Waals surface area (Å²) in [5.74, 6) is 0. The van der Waals surface area contributed by atoms with Gasteiger partial charge in [-0.3, -0.25) is 0 Å². The van der Waals surface area contributed by atoms with Gasteiger partial charge in [0.2, 0.25) is 0 Å². The van der Waals surface area contributed by atoms with Crippen molar-refractivity contribution in [3.05, 3.63) is 191 Å². The Morgan fingerprint density at radius 1 is 0.348 bits per heavy atom. The van der Waals surface area contributed by atoms with Crippen LogP contribution in [0.2, 0.25) is 0 Å². The van der Waals surface area contributed by atoms with Crippen molar-refractivity contribution in [2.45, 2.75) is 6.18 Å². The third kappa shape index (κ3) is 6.34. The molecule has 306 valence electrons. The van der Waals surface area contributed by atoms with Gasteiger partial charge in [0.1, 0.15) is 6.07 Å². The molecule has 0 N–H and O–H groups in total. The van der Waals surface area contributed by atoms with Crippen LogP contribution >= 0.6 is 0 Å². The van der Waals surface area contributed by atoms with Crippen molar-refractivity contribution in [1.29, 1.82) is 31.6 Å². The largest absolute Gasteiger partial charge is 0.416 e. The summed E-state index contributed by atoms with van der Waals surface area (Å²) in [7, 11) is 0. The number of nitrogens with zero attached hydrogens (tertiary/aromatic N) is 8. The summed E-state index contributed by atoms with van der Waals surface area (Å²) >= 11 is 0. The average molecular weight is 855 g/mol. The number of aromatic nitrogens is 2. The molecule has 2 aromatic heterocycles. The van der Waals surface area contributed by atoms with Crippen molar-refractivity contribution in [1.82, 2.24) is 9.13 Å². The van der Waals surface area contributed by atoms with E-state index >= 15 is 0 Å². The van der Waals surface area contributed by atoms with Gasteiger partial charge in [-0.2, -0.15) is 44.7 Å². The Kier molecular flexibility index (Phi) is 9.41. The first-order valence-corrected chi connectivity index (χ1v) is 20.2. The van der Waals surface area contributed by atoms with Crippen LogP contribution in [-0.4, -0.2) is 9.13 Å². The van der Waals surface area contributed by atoms with Gasteiger partial charge in [0, 0.05) is 32.7 Å². The Morgan fingerprint density at radius 3 is 1.29 bits per heavy atom. The molecule has 0 saturated carbocycles. The summed E-state index contributed by atoms with van der Waals surface area (Å²) in [5, 5.41) is 63.8. The van der Waals surface area contributed by atoms with Crippen LogP contribution in [0.3, 0.4) is 0 Å². The van der Waals surface area contributed by atoms with Crippen molar-refractivity contribution in [2.24, 2.45) is 0 Å². The van der Waals surface area contributed by atoms with E-state index in [1.807, 2.05) is 100 Å². The van der Waals surface area contributed by atoms with E-state index in [1.165, 1.54) is 18.2 Å². The minimum absolute atomic E-state index is 0.206. The average Bonchev–Trinajstić information content (AvgIpc) is 3.86. The molecule has 0 aliphatic rings. The maximum Gasteiger partial charge on any atom is 0.416 e. The quantitative estimate of drug-likeness (QED) is 0.168. The van der Waals surface area contributed by atoms with E-state index in [2.05, 4.69) is 30.3 Å². The fraction of sp³-hybridized carbons (Fsp3) is 0.0182. The number of halogens is 3. The van der Waals surface area contributed by atoms with Crippen LogP contribution < -0.4 is 0 Å². The van der Waals surface area contributed by atoms with Gasteiger partial charge >= 0.3 is 6.18 Å².